The average molecular weight is 406 g/mol. The van der Waals surface area contributed by atoms with Crippen molar-refractivity contribution in [3.8, 4) is 5.88 Å². The van der Waals surface area contributed by atoms with Gasteiger partial charge in [0.15, 0.2) is 5.56 Å². The van der Waals surface area contributed by atoms with Crippen molar-refractivity contribution in [2.24, 2.45) is 0 Å². The van der Waals surface area contributed by atoms with Crippen molar-refractivity contribution in [2.45, 2.75) is 27.2 Å². The van der Waals surface area contributed by atoms with Crippen LogP contribution < -0.4 is 16.6 Å². The van der Waals surface area contributed by atoms with E-state index in [0.29, 0.717) is 11.3 Å². The van der Waals surface area contributed by atoms with Gasteiger partial charge in [-0.05, 0) is 37.3 Å². The minimum Gasteiger partial charge on any atom is -0.494 e. The van der Waals surface area contributed by atoms with Crippen LogP contribution in [0, 0.1) is 0 Å². The molecule has 0 aliphatic heterocycles. The van der Waals surface area contributed by atoms with Gasteiger partial charge in [-0.3, -0.25) is 24.4 Å². The van der Waals surface area contributed by atoms with Crippen LogP contribution in [0.1, 0.15) is 36.7 Å². The van der Waals surface area contributed by atoms with Gasteiger partial charge in [-0.1, -0.05) is 32.9 Å². The third-order valence-corrected chi connectivity index (χ3v) is 4.06. The molecule has 1 heterocycles. The highest BCUT2D eigenvalue weighted by Crippen LogP contribution is 2.13. The quantitative estimate of drug-likeness (QED) is 0.459. The first-order valence-corrected chi connectivity index (χ1v) is 9.11. The van der Waals surface area contributed by atoms with Crippen molar-refractivity contribution >= 4 is 17.6 Å². The Hall–Kier alpha value is -3.40. The molecule has 0 atom stereocenters. The number of aliphatic carboxylic acids is 1. The van der Waals surface area contributed by atoms with Gasteiger partial charge in [0.1, 0.15) is 0 Å². The van der Waals surface area contributed by atoms with Crippen molar-refractivity contribution < 1.29 is 19.8 Å². The molecule has 0 aliphatic carbocycles. The Morgan fingerprint density at radius 2 is 1.55 bits per heavy atom. The molecule has 1 aromatic heterocycles. The molecule has 1 amide bonds. The molecule has 0 saturated heterocycles. The Bertz CT molecular complexity index is 923. The van der Waals surface area contributed by atoms with E-state index in [0.717, 1.165) is 0 Å². The second kappa shape index (κ2) is 11.4. The van der Waals surface area contributed by atoms with Crippen LogP contribution in [0.15, 0.2) is 33.9 Å². The summed E-state index contributed by atoms with van der Waals surface area (Å²) in [5.41, 5.74) is -1.76. The third kappa shape index (κ3) is 7.62. The number of benzene rings is 1. The number of carbonyl (C=O) groups excluding carboxylic acids is 1. The van der Waals surface area contributed by atoms with E-state index >= 15 is 0 Å². The average Bonchev–Trinajstić information content (AvgIpc) is 2.64. The summed E-state index contributed by atoms with van der Waals surface area (Å²) >= 11 is 0. The van der Waals surface area contributed by atoms with Crippen LogP contribution in [0.4, 0.5) is 5.69 Å². The van der Waals surface area contributed by atoms with Gasteiger partial charge in [-0.15, -0.1) is 0 Å². The van der Waals surface area contributed by atoms with E-state index in [1.165, 1.54) is 43.9 Å². The normalized spacial score (nSPS) is 10.2. The molecule has 1 aromatic carbocycles. The number of aromatic hydroxyl groups is 1. The summed E-state index contributed by atoms with van der Waals surface area (Å²) in [6.07, 6.45) is -0.158. The lowest BCUT2D eigenvalue weighted by atomic mass is 10.1. The maximum Gasteiger partial charge on any atom is 0.328 e. The van der Waals surface area contributed by atoms with Crippen LogP contribution in [0.25, 0.3) is 0 Å². The van der Waals surface area contributed by atoms with Gasteiger partial charge < -0.3 is 20.4 Å². The largest absolute Gasteiger partial charge is 0.494 e. The SMILES string of the molecule is CCN(CC)CC.O=C(O)Cc1ccc(NC(=O)c2c(O)[nH]c(=O)[nH]c2=O)cc1. The monoisotopic (exact) mass is 406 g/mol. The zero-order chi connectivity index (χ0) is 22.0. The van der Waals surface area contributed by atoms with Crippen molar-refractivity contribution in [1.29, 1.82) is 0 Å². The summed E-state index contributed by atoms with van der Waals surface area (Å²) in [4.78, 5) is 51.0. The fraction of sp³-hybridized carbons (Fsp3) is 0.368. The Labute approximate surface area is 167 Å². The number of amides is 1. The molecule has 10 heteroatoms. The third-order valence-electron chi connectivity index (χ3n) is 4.06. The van der Waals surface area contributed by atoms with Crippen LogP contribution in [-0.4, -0.2) is 56.6 Å². The molecule has 0 fully saturated rings. The molecule has 0 radical (unpaired) electrons. The van der Waals surface area contributed by atoms with E-state index in [4.69, 9.17) is 5.11 Å². The van der Waals surface area contributed by atoms with Crippen LogP contribution >= 0.6 is 0 Å². The topological polar surface area (TPSA) is 156 Å². The number of carbonyl (C=O) groups is 2. The van der Waals surface area contributed by atoms with Crippen molar-refractivity contribution in [2.75, 3.05) is 25.0 Å². The van der Waals surface area contributed by atoms with Gasteiger partial charge >= 0.3 is 11.7 Å². The van der Waals surface area contributed by atoms with Gasteiger partial charge in [0.05, 0.1) is 6.42 Å². The van der Waals surface area contributed by atoms with Crippen LogP contribution in [0.2, 0.25) is 0 Å². The molecule has 0 bridgehead atoms. The summed E-state index contributed by atoms with van der Waals surface area (Å²) in [6, 6.07) is 5.90. The molecular formula is C19H26N4O6. The second-order valence-electron chi connectivity index (χ2n) is 5.97. The van der Waals surface area contributed by atoms with Gasteiger partial charge in [0.25, 0.3) is 11.5 Å². The maximum atomic E-state index is 11.9. The molecule has 0 aliphatic rings. The first-order valence-electron chi connectivity index (χ1n) is 9.11. The van der Waals surface area contributed by atoms with Gasteiger partial charge in [-0.25, -0.2) is 4.79 Å². The van der Waals surface area contributed by atoms with Crippen molar-refractivity contribution in [3.05, 3.63) is 56.2 Å². The summed E-state index contributed by atoms with van der Waals surface area (Å²) in [5, 5.41) is 20.5. The zero-order valence-electron chi connectivity index (χ0n) is 16.6. The predicted molar refractivity (Wildman–Crippen MR) is 109 cm³/mol. The highest BCUT2D eigenvalue weighted by molar-refractivity contribution is 6.05. The number of nitrogens with zero attached hydrogens (tertiary/aromatic N) is 1. The van der Waals surface area contributed by atoms with E-state index < -0.39 is 34.6 Å². The highest BCUT2D eigenvalue weighted by Gasteiger charge is 2.17. The number of H-pyrrole nitrogens is 2. The molecule has 0 spiro atoms. The number of rotatable bonds is 7. The zero-order valence-corrected chi connectivity index (χ0v) is 16.6. The summed E-state index contributed by atoms with van der Waals surface area (Å²) in [6.45, 7) is 10.1. The number of nitrogens with one attached hydrogen (secondary N) is 3. The fourth-order valence-electron chi connectivity index (χ4n) is 2.43. The molecule has 0 unspecified atom stereocenters. The van der Waals surface area contributed by atoms with Crippen molar-refractivity contribution in [1.82, 2.24) is 14.9 Å². The number of hydrogen-bond acceptors (Lipinski definition) is 6. The summed E-state index contributed by atoms with van der Waals surface area (Å²) < 4.78 is 0. The highest BCUT2D eigenvalue weighted by atomic mass is 16.4. The minimum absolute atomic E-state index is 0.158. The van der Waals surface area contributed by atoms with E-state index in [1.54, 1.807) is 0 Å². The first kappa shape index (κ1) is 23.6. The Balaban J connectivity index is 0.000000516. The Morgan fingerprint density at radius 3 is 1.97 bits per heavy atom. The first-order chi connectivity index (χ1) is 13.7. The number of carboxylic acid groups (broad SMARTS) is 1. The van der Waals surface area contributed by atoms with Gasteiger partial charge in [0.2, 0.25) is 5.88 Å². The van der Waals surface area contributed by atoms with Crippen LogP contribution in [0.3, 0.4) is 0 Å². The van der Waals surface area contributed by atoms with E-state index in [-0.39, 0.29) is 6.42 Å². The molecule has 10 nitrogen and oxygen atoms in total. The molecule has 29 heavy (non-hydrogen) atoms. The van der Waals surface area contributed by atoms with E-state index in [2.05, 4.69) is 31.0 Å². The van der Waals surface area contributed by atoms with Crippen LogP contribution in [-0.2, 0) is 11.2 Å². The van der Waals surface area contributed by atoms with E-state index in [1.807, 2.05) is 9.97 Å². The van der Waals surface area contributed by atoms with Gasteiger partial charge in [0, 0.05) is 5.69 Å². The lowest BCUT2D eigenvalue weighted by Crippen LogP contribution is -2.30. The number of carboxylic acids is 1. The second-order valence-corrected chi connectivity index (χ2v) is 5.97. The molecule has 0 saturated carbocycles. The fourth-order valence-corrected chi connectivity index (χ4v) is 2.43. The molecule has 158 valence electrons. The maximum absolute atomic E-state index is 11.9. The molecule has 2 rings (SSSR count). The molecular weight excluding hydrogens is 380 g/mol. The standard InChI is InChI=1S/C13H11N3O6.C6H15N/c17-8(18)5-6-1-3-7(4-2-6)14-10(19)9-11(20)15-13(22)16-12(9)21;1-4-7(5-2)6-3/h1-4H,5H2,(H,14,19)(H,17,18)(H3,15,16,20,21,22);4-6H2,1-3H3. The molecule has 5 N–H and O–H groups in total. The summed E-state index contributed by atoms with van der Waals surface area (Å²) in [7, 11) is 0. The summed E-state index contributed by atoms with van der Waals surface area (Å²) in [5.74, 6) is -2.74. The Kier molecular flexibility index (Phi) is 9.33. The number of aromatic nitrogens is 2. The van der Waals surface area contributed by atoms with Gasteiger partial charge in [-0.2, -0.15) is 0 Å². The van der Waals surface area contributed by atoms with Crippen molar-refractivity contribution in [3.63, 3.8) is 0 Å². The number of hydrogen-bond donors (Lipinski definition) is 5. The minimum atomic E-state index is -1.03. The lowest BCUT2D eigenvalue weighted by Gasteiger charge is -2.13. The molecule has 2 aromatic rings. The smallest absolute Gasteiger partial charge is 0.328 e. The number of aromatic amines is 2. The predicted octanol–water partition coefficient (Wildman–Crippen LogP) is 0.996. The number of anilines is 1. The lowest BCUT2D eigenvalue weighted by molar-refractivity contribution is -0.136. The van der Waals surface area contributed by atoms with Crippen LogP contribution in [0.5, 0.6) is 5.88 Å². The van der Waals surface area contributed by atoms with E-state index in [9.17, 15) is 24.3 Å². The Morgan fingerprint density at radius 1 is 1.00 bits per heavy atom.